The maximum Gasteiger partial charge on any atom is 0.326 e. The van der Waals surface area contributed by atoms with Gasteiger partial charge in [-0.2, -0.15) is 0 Å². The fraction of sp³-hybridized carbons (Fsp3) is 0.208. The number of esters is 1. The number of carbonyl (C=O) groups excluding carboxylic acids is 3. The van der Waals surface area contributed by atoms with Gasteiger partial charge in [0, 0.05) is 5.56 Å². The van der Waals surface area contributed by atoms with Gasteiger partial charge in [-0.15, -0.1) is 0 Å². The molecule has 3 rings (SSSR count). The first kappa shape index (κ1) is 21.2. The van der Waals surface area contributed by atoms with Crippen molar-refractivity contribution in [2.24, 2.45) is 0 Å². The highest BCUT2D eigenvalue weighted by molar-refractivity contribution is 6.11. The van der Waals surface area contributed by atoms with Gasteiger partial charge in [0.15, 0.2) is 11.4 Å². The Hall–Kier alpha value is -3.51. The fourth-order valence-electron chi connectivity index (χ4n) is 3.37. The van der Waals surface area contributed by atoms with E-state index in [1.807, 2.05) is 36.4 Å². The van der Waals surface area contributed by atoms with Gasteiger partial charge in [-0.1, -0.05) is 66.8 Å². The van der Waals surface area contributed by atoms with E-state index in [1.54, 1.807) is 43.3 Å². The number of anilines is 1. The van der Waals surface area contributed by atoms with Gasteiger partial charge in [0.25, 0.3) is 5.91 Å². The van der Waals surface area contributed by atoms with Crippen LogP contribution in [0.2, 0.25) is 0 Å². The number of rotatable bonds is 8. The van der Waals surface area contributed by atoms with Gasteiger partial charge < -0.3 is 9.84 Å². The van der Waals surface area contributed by atoms with Crippen molar-refractivity contribution in [2.75, 3.05) is 18.1 Å². The molecule has 6 heteroatoms. The summed E-state index contributed by atoms with van der Waals surface area (Å²) in [6.07, 6.45) is 6.03. The predicted molar refractivity (Wildman–Crippen MR) is 114 cm³/mol. The number of ether oxygens (including phenoxy) is 1. The van der Waals surface area contributed by atoms with Crippen molar-refractivity contribution in [3.63, 3.8) is 0 Å². The van der Waals surface area contributed by atoms with E-state index in [0.717, 1.165) is 5.56 Å². The zero-order valence-electron chi connectivity index (χ0n) is 16.7. The van der Waals surface area contributed by atoms with Crippen LogP contribution in [0.25, 0.3) is 6.08 Å². The van der Waals surface area contributed by atoms with E-state index in [1.165, 1.54) is 11.0 Å². The molecule has 6 nitrogen and oxygen atoms in total. The largest absolute Gasteiger partial charge is 0.465 e. The number of benzene rings is 2. The van der Waals surface area contributed by atoms with Gasteiger partial charge in [-0.3, -0.25) is 19.3 Å². The van der Waals surface area contributed by atoms with Gasteiger partial charge in [-0.05, 0) is 24.6 Å². The molecule has 0 bridgehead atoms. The second-order valence-corrected chi connectivity index (χ2v) is 6.85. The highest BCUT2D eigenvalue weighted by Crippen LogP contribution is 2.42. The van der Waals surface area contributed by atoms with E-state index < -0.39 is 29.7 Å². The maximum atomic E-state index is 13.0. The summed E-state index contributed by atoms with van der Waals surface area (Å²) in [6, 6.07) is 16.2. The van der Waals surface area contributed by atoms with Crippen LogP contribution in [-0.2, 0) is 24.7 Å². The van der Waals surface area contributed by atoms with Crippen LogP contribution < -0.4 is 4.90 Å². The molecule has 1 atom stereocenters. The number of ketones is 1. The minimum absolute atomic E-state index is 0.187. The van der Waals surface area contributed by atoms with Crippen molar-refractivity contribution in [3.8, 4) is 0 Å². The molecule has 0 spiro atoms. The highest BCUT2D eigenvalue weighted by Gasteiger charge is 2.50. The van der Waals surface area contributed by atoms with Crippen LogP contribution in [0.5, 0.6) is 0 Å². The Morgan fingerprint density at radius 2 is 1.77 bits per heavy atom. The Bertz CT molecular complexity index is 996. The lowest BCUT2D eigenvalue weighted by molar-refractivity contribution is -0.145. The smallest absolute Gasteiger partial charge is 0.326 e. The SMILES string of the molecule is CCOC(=O)CN1C(=O)C(O)(CC(=O)C=CC=Cc2ccccc2)c2ccccc21. The fourth-order valence-corrected chi connectivity index (χ4v) is 3.37. The van der Waals surface area contributed by atoms with Crippen molar-refractivity contribution in [1.82, 2.24) is 0 Å². The molecule has 0 aromatic heterocycles. The van der Waals surface area contributed by atoms with E-state index in [-0.39, 0.29) is 13.2 Å². The molecular weight excluding hydrogens is 382 g/mol. The molecule has 30 heavy (non-hydrogen) atoms. The van der Waals surface area contributed by atoms with E-state index in [2.05, 4.69) is 0 Å². The summed E-state index contributed by atoms with van der Waals surface area (Å²) in [4.78, 5) is 38.5. The minimum atomic E-state index is -2.02. The number of fused-ring (bicyclic) bond motifs is 1. The molecule has 154 valence electrons. The lowest BCUT2D eigenvalue weighted by Crippen LogP contribution is -2.43. The van der Waals surface area contributed by atoms with E-state index in [4.69, 9.17) is 4.74 Å². The zero-order valence-corrected chi connectivity index (χ0v) is 16.7. The first-order valence-electron chi connectivity index (χ1n) is 9.68. The van der Waals surface area contributed by atoms with Crippen molar-refractivity contribution in [1.29, 1.82) is 0 Å². The molecule has 1 heterocycles. The molecule has 0 saturated heterocycles. The molecule has 2 aromatic rings. The minimum Gasteiger partial charge on any atom is -0.465 e. The summed E-state index contributed by atoms with van der Waals surface area (Å²) in [5, 5.41) is 11.1. The zero-order chi connectivity index (χ0) is 21.6. The van der Waals surface area contributed by atoms with E-state index in [0.29, 0.717) is 11.3 Å². The number of nitrogens with zero attached hydrogens (tertiary/aromatic N) is 1. The van der Waals surface area contributed by atoms with Crippen LogP contribution in [0.3, 0.4) is 0 Å². The van der Waals surface area contributed by atoms with Crippen LogP contribution in [0.15, 0.2) is 72.8 Å². The Morgan fingerprint density at radius 3 is 2.50 bits per heavy atom. The first-order chi connectivity index (χ1) is 14.5. The van der Waals surface area contributed by atoms with Crippen molar-refractivity contribution < 1.29 is 24.2 Å². The van der Waals surface area contributed by atoms with Crippen LogP contribution in [0.1, 0.15) is 24.5 Å². The number of carbonyl (C=O) groups is 3. The Kier molecular flexibility index (Phi) is 6.59. The van der Waals surface area contributed by atoms with Gasteiger partial charge >= 0.3 is 5.97 Å². The Labute approximate surface area is 175 Å². The predicted octanol–water partition coefficient (Wildman–Crippen LogP) is 3.01. The summed E-state index contributed by atoms with van der Waals surface area (Å²) in [6.45, 7) is 1.54. The van der Waals surface area contributed by atoms with Crippen LogP contribution in [-0.4, -0.2) is 35.9 Å². The van der Waals surface area contributed by atoms with Crippen LogP contribution in [0, 0.1) is 0 Å². The quantitative estimate of drug-likeness (QED) is 0.415. The van der Waals surface area contributed by atoms with Gasteiger partial charge in [0.2, 0.25) is 0 Å². The lowest BCUT2D eigenvalue weighted by atomic mass is 9.90. The molecule has 1 N–H and O–H groups in total. The Balaban J connectivity index is 1.75. The topological polar surface area (TPSA) is 83.9 Å². The van der Waals surface area contributed by atoms with E-state index >= 15 is 0 Å². The normalized spacial score (nSPS) is 18.2. The van der Waals surface area contributed by atoms with E-state index in [9.17, 15) is 19.5 Å². The van der Waals surface area contributed by atoms with Crippen molar-refractivity contribution in [2.45, 2.75) is 18.9 Å². The summed E-state index contributed by atoms with van der Waals surface area (Å²) < 4.78 is 4.92. The highest BCUT2D eigenvalue weighted by atomic mass is 16.5. The van der Waals surface area contributed by atoms with Crippen molar-refractivity contribution in [3.05, 3.63) is 84.0 Å². The molecule has 1 unspecified atom stereocenters. The molecule has 0 aliphatic carbocycles. The monoisotopic (exact) mass is 405 g/mol. The van der Waals surface area contributed by atoms with Crippen molar-refractivity contribution >= 4 is 29.4 Å². The summed E-state index contributed by atoms with van der Waals surface area (Å²) in [5.74, 6) is -1.70. The van der Waals surface area contributed by atoms with Gasteiger partial charge in [-0.25, -0.2) is 0 Å². The molecular formula is C24H23NO5. The van der Waals surface area contributed by atoms with Crippen LogP contribution >= 0.6 is 0 Å². The molecule has 0 fully saturated rings. The molecule has 1 aliphatic heterocycles. The average Bonchev–Trinajstić information content (AvgIpc) is 2.94. The Morgan fingerprint density at radius 1 is 1.07 bits per heavy atom. The van der Waals surface area contributed by atoms with Gasteiger partial charge in [0.05, 0.1) is 18.7 Å². The third kappa shape index (κ3) is 4.55. The standard InChI is InChI=1S/C24H23NO5/c1-2-30-22(27)17-25-21-15-9-8-14-20(21)24(29,23(25)28)16-19(26)13-7-6-12-18-10-4-3-5-11-18/h3-15,29H,2,16-17H2,1H3. The second-order valence-electron chi connectivity index (χ2n) is 6.85. The average molecular weight is 405 g/mol. The molecule has 1 aliphatic rings. The third-order valence-corrected chi connectivity index (χ3v) is 4.74. The number of aliphatic hydroxyl groups is 1. The molecule has 2 aromatic carbocycles. The number of amides is 1. The molecule has 0 saturated carbocycles. The number of hydrogen-bond donors (Lipinski definition) is 1. The molecule has 1 amide bonds. The summed E-state index contributed by atoms with van der Waals surface area (Å²) in [7, 11) is 0. The lowest BCUT2D eigenvalue weighted by Gasteiger charge is -2.21. The number of hydrogen-bond acceptors (Lipinski definition) is 5. The maximum absolute atomic E-state index is 13.0. The first-order valence-corrected chi connectivity index (χ1v) is 9.68. The summed E-state index contributed by atoms with van der Waals surface area (Å²) in [5.41, 5.74) is -0.324. The number of allylic oxidation sites excluding steroid dienone is 3. The van der Waals surface area contributed by atoms with Gasteiger partial charge in [0.1, 0.15) is 6.54 Å². The number of para-hydroxylation sites is 1. The third-order valence-electron chi connectivity index (χ3n) is 4.74. The van der Waals surface area contributed by atoms with Crippen LogP contribution in [0.4, 0.5) is 5.69 Å². The second kappa shape index (κ2) is 9.33. The summed E-state index contributed by atoms with van der Waals surface area (Å²) >= 11 is 0. The molecule has 0 radical (unpaired) electrons.